The number of hydrogen-bond acceptors (Lipinski definition) is 1. The summed E-state index contributed by atoms with van der Waals surface area (Å²) in [6.45, 7) is 5.15. The lowest BCUT2D eigenvalue weighted by Crippen LogP contribution is -2.44. The van der Waals surface area contributed by atoms with Crippen molar-refractivity contribution in [1.82, 2.24) is 4.90 Å². The predicted molar refractivity (Wildman–Crippen MR) is 52.2 cm³/mol. The molecule has 0 amide bonds. The quantitative estimate of drug-likeness (QED) is 0.624. The molecule has 0 bridgehead atoms. The van der Waals surface area contributed by atoms with Crippen LogP contribution in [0.1, 0.15) is 45.4 Å². The highest BCUT2D eigenvalue weighted by Gasteiger charge is 2.24. The van der Waals surface area contributed by atoms with Gasteiger partial charge in [0, 0.05) is 6.04 Å². The van der Waals surface area contributed by atoms with Crippen LogP contribution in [0.4, 0.5) is 0 Å². The van der Waals surface area contributed by atoms with Gasteiger partial charge in [0.2, 0.25) is 0 Å². The van der Waals surface area contributed by atoms with Gasteiger partial charge in [-0.3, -0.25) is 0 Å². The van der Waals surface area contributed by atoms with Gasteiger partial charge >= 0.3 is 0 Å². The fourth-order valence-corrected chi connectivity index (χ4v) is 2.66. The highest BCUT2D eigenvalue weighted by atomic mass is 15.2. The standard InChI is InChI=1S/C11H21N/c1-10(12-7-4-8-12)9-11-5-2-3-6-11/h10-11H,2-9H2,1H3. The molecule has 2 aliphatic rings. The molecule has 1 atom stereocenters. The van der Waals surface area contributed by atoms with Gasteiger partial charge in [-0.05, 0) is 38.8 Å². The van der Waals surface area contributed by atoms with Gasteiger partial charge in [0.1, 0.15) is 0 Å². The third-order valence-electron chi connectivity index (χ3n) is 3.66. The first-order valence-electron chi connectivity index (χ1n) is 5.60. The second kappa shape index (κ2) is 3.78. The molecule has 1 aliphatic carbocycles. The van der Waals surface area contributed by atoms with Crippen LogP contribution in [0.3, 0.4) is 0 Å². The number of rotatable bonds is 3. The first kappa shape index (κ1) is 8.55. The highest BCUT2D eigenvalue weighted by Crippen LogP contribution is 2.30. The van der Waals surface area contributed by atoms with Crippen LogP contribution in [0.5, 0.6) is 0 Å². The second-order valence-corrected chi connectivity index (χ2v) is 4.62. The summed E-state index contributed by atoms with van der Waals surface area (Å²) in [6.07, 6.45) is 8.93. The molecular formula is C11H21N. The van der Waals surface area contributed by atoms with Gasteiger partial charge in [0.15, 0.2) is 0 Å². The molecule has 1 aliphatic heterocycles. The second-order valence-electron chi connectivity index (χ2n) is 4.62. The van der Waals surface area contributed by atoms with Gasteiger partial charge in [0.25, 0.3) is 0 Å². The van der Waals surface area contributed by atoms with Gasteiger partial charge in [-0.15, -0.1) is 0 Å². The molecule has 0 spiro atoms. The average Bonchev–Trinajstić information content (AvgIpc) is 2.34. The Hall–Kier alpha value is -0.0400. The highest BCUT2D eigenvalue weighted by molar-refractivity contribution is 4.79. The lowest BCUT2D eigenvalue weighted by Gasteiger charge is -2.37. The Morgan fingerprint density at radius 1 is 1.17 bits per heavy atom. The third-order valence-corrected chi connectivity index (χ3v) is 3.66. The van der Waals surface area contributed by atoms with Crippen molar-refractivity contribution in [3.05, 3.63) is 0 Å². The van der Waals surface area contributed by atoms with Crippen molar-refractivity contribution in [2.75, 3.05) is 13.1 Å². The van der Waals surface area contributed by atoms with E-state index < -0.39 is 0 Å². The van der Waals surface area contributed by atoms with E-state index in [1.807, 2.05) is 0 Å². The Bertz CT molecular complexity index is 134. The Labute approximate surface area is 76.1 Å². The van der Waals surface area contributed by atoms with Crippen molar-refractivity contribution in [3.63, 3.8) is 0 Å². The zero-order valence-corrected chi connectivity index (χ0v) is 8.26. The van der Waals surface area contributed by atoms with Crippen LogP contribution < -0.4 is 0 Å². The predicted octanol–water partition coefficient (Wildman–Crippen LogP) is 2.66. The molecule has 0 radical (unpaired) electrons. The van der Waals surface area contributed by atoms with E-state index >= 15 is 0 Å². The van der Waals surface area contributed by atoms with Crippen LogP contribution >= 0.6 is 0 Å². The monoisotopic (exact) mass is 167 g/mol. The van der Waals surface area contributed by atoms with Crippen molar-refractivity contribution in [2.24, 2.45) is 5.92 Å². The van der Waals surface area contributed by atoms with E-state index in [0.717, 1.165) is 12.0 Å². The SMILES string of the molecule is CC(CC1CCCC1)N1CCC1. The number of likely N-dealkylation sites (tertiary alicyclic amines) is 1. The van der Waals surface area contributed by atoms with E-state index in [0.29, 0.717) is 0 Å². The molecule has 1 saturated heterocycles. The Balaban J connectivity index is 1.69. The minimum Gasteiger partial charge on any atom is -0.301 e. The van der Waals surface area contributed by atoms with E-state index in [1.165, 1.54) is 51.6 Å². The summed E-state index contributed by atoms with van der Waals surface area (Å²) in [7, 11) is 0. The molecule has 2 rings (SSSR count). The Morgan fingerprint density at radius 2 is 1.83 bits per heavy atom. The molecule has 1 unspecified atom stereocenters. The topological polar surface area (TPSA) is 3.24 Å². The summed E-state index contributed by atoms with van der Waals surface area (Å²) in [5, 5.41) is 0. The van der Waals surface area contributed by atoms with Crippen molar-refractivity contribution >= 4 is 0 Å². The molecule has 0 aromatic carbocycles. The van der Waals surface area contributed by atoms with E-state index in [1.54, 1.807) is 0 Å². The molecule has 70 valence electrons. The van der Waals surface area contributed by atoms with Crippen molar-refractivity contribution < 1.29 is 0 Å². The lowest BCUT2D eigenvalue weighted by atomic mass is 9.97. The van der Waals surface area contributed by atoms with E-state index in [-0.39, 0.29) is 0 Å². The van der Waals surface area contributed by atoms with E-state index in [2.05, 4.69) is 11.8 Å². The summed E-state index contributed by atoms with van der Waals surface area (Å²) < 4.78 is 0. The normalized spacial score (nSPS) is 28.8. The van der Waals surface area contributed by atoms with Crippen LogP contribution in [0, 0.1) is 5.92 Å². The van der Waals surface area contributed by atoms with Gasteiger partial charge in [0.05, 0.1) is 0 Å². The molecule has 1 nitrogen and oxygen atoms in total. The van der Waals surface area contributed by atoms with Gasteiger partial charge in [-0.25, -0.2) is 0 Å². The maximum absolute atomic E-state index is 2.64. The summed E-state index contributed by atoms with van der Waals surface area (Å²) in [5.41, 5.74) is 0. The maximum Gasteiger partial charge on any atom is 0.00695 e. The fourth-order valence-electron chi connectivity index (χ4n) is 2.66. The van der Waals surface area contributed by atoms with Crippen molar-refractivity contribution in [3.8, 4) is 0 Å². The largest absolute Gasteiger partial charge is 0.301 e. The van der Waals surface area contributed by atoms with Gasteiger partial charge in [-0.2, -0.15) is 0 Å². The molecule has 12 heavy (non-hydrogen) atoms. The number of nitrogens with zero attached hydrogens (tertiary/aromatic N) is 1. The molecule has 1 heterocycles. The molecule has 0 aromatic heterocycles. The van der Waals surface area contributed by atoms with Crippen molar-refractivity contribution in [2.45, 2.75) is 51.5 Å². The van der Waals surface area contributed by atoms with Crippen LogP contribution in [0.25, 0.3) is 0 Å². The minimum atomic E-state index is 0.877. The molecule has 1 heteroatoms. The Kier molecular flexibility index (Phi) is 2.69. The fraction of sp³-hybridized carbons (Fsp3) is 1.00. The third kappa shape index (κ3) is 1.82. The van der Waals surface area contributed by atoms with Gasteiger partial charge in [-0.1, -0.05) is 25.7 Å². The average molecular weight is 167 g/mol. The summed E-state index contributed by atoms with van der Waals surface area (Å²) in [4.78, 5) is 2.64. The molecule has 0 N–H and O–H groups in total. The Morgan fingerprint density at radius 3 is 2.33 bits per heavy atom. The lowest BCUT2D eigenvalue weighted by molar-refractivity contribution is 0.110. The zero-order valence-electron chi connectivity index (χ0n) is 8.26. The van der Waals surface area contributed by atoms with Gasteiger partial charge < -0.3 is 4.90 Å². The van der Waals surface area contributed by atoms with Crippen LogP contribution in [-0.2, 0) is 0 Å². The molecule has 1 saturated carbocycles. The van der Waals surface area contributed by atoms with Crippen LogP contribution in [0.2, 0.25) is 0 Å². The maximum atomic E-state index is 2.64. The van der Waals surface area contributed by atoms with E-state index in [4.69, 9.17) is 0 Å². The van der Waals surface area contributed by atoms with E-state index in [9.17, 15) is 0 Å². The first-order chi connectivity index (χ1) is 5.86. The zero-order chi connectivity index (χ0) is 8.39. The smallest absolute Gasteiger partial charge is 0.00695 e. The first-order valence-corrected chi connectivity index (χ1v) is 5.60. The summed E-state index contributed by atoms with van der Waals surface area (Å²) >= 11 is 0. The molecule has 2 fully saturated rings. The van der Waals surface area contributed by atoms with Crippen LogP contribution in [0.15, 0.2) is 0 Å². The summed E-state index contributed by atoms with van der Waals surface area (Å²) in [5.74, 6) is 1.07. The minimum absolute atomic E-state index is 0.877. The number of hydrogen-bond donors (Lipinski definition) is 0. The van der Waals surface area contributed by atoms with Crippen LogP contribution in [-0.4, -0.2) is 24.0 Å². The summed E-state index contributed by atoms with van der Waals surface area (Å²) in [6, 6.07) is 0.877. The van der Waals surface area contributed by atoms with Crippen molar-refractivity contribution in [1.29, 1.82) is 0 Å². The molecule has 0 aromatic rings. The molecular weight excluding hydrogens is 146 g/mol.